The van der Waals surface area contributed by atoms with Gasteiger partial charge >= 0.3 is 0 Å². The first kappa shape index (κ1) is 13.4. The van der Waals surface area contributed by atoms with Crippen LogP contribution in [-0.4, -0.2) is 12.6 Å². The molecule has 1 saturated carbocycles. The van der Waals surface area contributed by atoms with Crippen molar-refractivity contribution in [2.24, 2.45) is 11.1 Å². The Labute approximate surface area is 111 Å². The Kier molecular flexibility index (Phi) is 3.96. The second kappa shape index (κ2) is 5.31. The van der Waals surface area contributed by atoms with Crippen LogP contribution in [0.1, 0.15) is 51.5 Å². The van der Waals surface area contributed by atoms with Gasteiger partial charge in [-0.25, -0.2) is 0 Å². The van der Waals surface area contributed by atoms with Crippen molar-refractivity contribution in [2.75, 3.05) is 6.61 Å². The fourth-order valence-electron chi connectivity index (χ4n) is 2.97. The number of ether oxygens (including phenoxy) is 1. The minimum atomic E-state index is 0.287. The third-order valence-corrected chi connectivity index (χ3v) is 4.04. The molecule has 2 N–H and O–H groups in total. The standard InChI is InChI=1S/C16H25NO/c1-4-18-13-7-5-6-12(10-13)14-11-16(2,3)9-8-15(14)17/h5-7,10,14-15H,4,8-9,11,17H2,1-3H3. The molecule has 2 nitrogen and oxygen atoms in total. The maximum atomic E-state index is 6.32. The van der Waals surface area contributed by atoms with Crippen LogP contribution in [-0.2, 0) is 0 Å². The second-order valence-corrected chi connectivity index (χ2v) is 6.18. The van der Waals surface area contributed by atoms with Gasteiger partial charge in [-0.05, 0) is 55.2 Å². The average molecular weight is 247 g/mol. The molecule has 2 rings (SSSR count). The first-order chi connectivity index (χ1) is 8.52. The van der Waals surface area contributed by atoms with Crippen LogP contribution in [0.2, 0.25) is 0 Å². The lowest BCUT2D eigenvalue weighted by atomic mass is 9.68. The predicted octanol–water partition coefficient (Wildman–Crippen LogP) is 3.71. The summed E-state index contributed by atoms with van der Waals surface area (Å²) in [5.74, 6) is 1.43. The van der Waals surface area contributed by atoms with Crippen LogP contribution >= 0.6 is 0 Å². The largest absolute Gasteiger partial charge is 0.494 e. The van der Waals surface area contributed by atoms with E-state index in [1.54, 1.807) is 0 Å². The van der Waals surface area contributed by atoms with Gasteiger partial charge in [0.05, 0.1) is 6.61 Å². The number of hydrogen-bond donors (Lipinski definition) is 1. The van der Waals surface area contributed by atoms with E-state index in [-0.39, 0.29) is 6.04 Å². The molecule has 1 aliphatic rings. The van der Waals surface area contributed by atoms with E-state index in [1.807, 2.05) is 13.0 Å². The van der Waals surface area contributed by atoms with Crippen LogP contribution < -0.4 is 10.5 Å². The van der Waals surface area contributed by atoms with Crippen LogP contribution in [0, 0.1) is 5.41 Å². The summed E-state index contributed by atoms with van der Waals surface area (Å²) in [6, 6.07) is 8.74. The summed E-state index contributed by atoms with van der Waals surface area (Å²) in [6.45, 7) is 7.42. The maximum absolute atomic E-state index is 6.32. The summed E-state index contributed by atoms with van der Waals surface area (Å²) in [6.07, 6.45) is 3.52. The van der Waals surface area contributed by atoms with E-state index in [1.165, 1.54) is 18.4 Å². The van der Waals surface area contributed by atoms with Gasteiger partial charge in [-0.3, -0.25) is 0 Å². The molecule has 0 bridgehead atoms. The quantitative estimate of drug-likeness (QED) is 0.883. The van der Waals surface area contributed by atoms with Gasteiger partial charge in [0, 0.05) is 6.04 Å². The minimum Gasteiger partial charge on any atom is -0.494 e. The molecule has 0 radical (unpaired) electrons. The van der Waals surface area contributed by atoms with Crippen molar-refractivity contribution in [3.63, 3.8) is 0 Å². The van der Waals surface area contributed by atoms with Gasteiger partial charge in [0.1, 0.15) is 5.75 Å². The Bertz CT molecular complexity index is 400. The third-order valence-electron chi connectivity index (χ3n) is 4.04. The molecule has 2 unspecified atom stereocenters. The lowest BCUT2D eigenvalue weighted by Gasteiger charge is -2.39. The van der Waals surface area contributed by atoms with Gasteiger partial charge in [-0.2, -0.15) is 0 Å². The molecular formula is C16H25NO. The fourth-order valence-corrected chi connectivity index (χ4v) is 2.97. The highest BCUT2D eigenvalue weighted by Crippen LogP contribution is 2.43. The number of hydrogen-bond acceptors (Lipinski definition) is 2. The zero-order chi connectivity index (χ0) is 13.2. The molecule has 0 heterocycles. The summed E-state index contributed by atoms with van der Waals surface area (Å²) in [5, 5.41) is 0. The SMILES string of the molecule is CCOc1cccc(C2CC(C)(C)CCC2N)c1. The molecule has 1 aromatic carbocycles. The normalized spacial score (nSPS) is 26.9. The van der Waals surface area contributed by atoms with Crippen molar-refractivity contribution in [2.45, 2.75) is 52.0 Å². The van der Waals surface area contributed by atoms with Crippen LogP contribution in [0.3, 0.4) is 0 Å². The van der Waals surface area contributed by atoms with E-state index in [9.17, 15) is 0 Å². The van der Waals surface area contributed by atoms with Crippen molar-refractivity contribution in [3.8, 4) is 5.75 Å². The molecule has 0 aliphatic heterocycles. The van der Waals surface area contributed by atoms with E-state index in [2.05, 4.69) is 32.0 Å². The monoisotopic (exact) mass is 247 g/mol. The Morgan fingerprint density at radius 1 is 1.39 bits per heavy atom. The number of nitrogens with two attached hydrogens (primary N) is 1. The summed E-state index contributed by atoms with van der Waals surface area (Å²) in [7, 11) is 0. The van der Waals surface area contributed by atoms with Crippen molar-refractivity contribution in [3.05, 3.63) is 29.8 Å². The van der Waals surface area contributed by atoms with Gasteiger partial charge in [0.2, 0.25) is 0 Å². The highest BCUT2D eigenvalue weighted by atomic mass is 16.5. The molecular weight excluding hydrogens is 222 g/mol. The van der Waals surface area contributed by atoms with E-state index in [0.29, 0.717) is 17.9 Å². The van der Waals surface area contributed by atoms with Crippen molar-refractivity contribution in [1.29, 1.82) is 0 Å². The van der Waals surface area contributed by atoms with Crippen LogP contribution in [0.25, 0.3) is 0 Å². The Balaban J connectivity index is 2.20. The maximum Gasteiger partial charge on any atom is 0.119 e. The third kappa shape index (κ3) is 3.05. The Hall–Kier alpha value is -1.02. The van der Waals surface area contributed by atoms with E-state index in [0.717, 1.165) is 12.2 Å². The van der Waals surface area contributed by atoms with Gasteiger partial charge < -0.3 is 10.5 Å². The molecule has 0 aromatic heterocycles. The van der Waals surface area contributed by atoms with Crippen LogP contribution in [0.4, 0.5) is 0 Å². The lowest BCUT2D eigenvalue weighted by Crippen LogP contribution is -2.37. The summed E-state index contributed by atoms with van der Waals surface area (Å²) >= 11 is 0. The molecule has 0 amide bonds. The van der Waals surface area contributed by atoms with Crippen molar-refractivity contribution >= 4 is 0 Å². The lowest BCUT2D eigenvalue weighted by molar-refractivity contribution is 0.198. The molecule has 2 atom stereocenters. The first-order valence-electron chi connectivity index (χ1n) is 7.00. The zero-order valence-electron chi connectivity index (χ0n) is 11.8. The van der Waals surface area contributed by atoms with Gasteiger partial charge in [0.15, 0.2) is 0 Å². The van der Waals surface area contributed by atoms with Crippen molar-refractivity contribution < 1.29 is 4.74 Å². The fraction of sp³-hybridized carbons (Fsp3) is 0.625. The smallest absolute Gasteiger partial charge is 0.119 e. The van der Waals surface area contributed by atoms with Crippen LogP contribution in [0.5, 0.6) is 5.75 Å². The molecule has 2 heteroatoms. The van der Waals surface area contributed by atoms with E-state index in [4.69, 9.17) is 10.5 Å². The zero-order valence-corrected chi connectivity index (χ0v) is 11.8. The van der Waals surface area contributed by atoms with Crippen molar-refractivity contribution in [1.82, 2.24) is 0 Å². The summed E-state index contributed by atoms with van der Waals surface area (Å²) < 4.78 is 5.58. The number of benzene rings is 1. The van der Waals surface area contributed by atoms with Gasteiger partial charge in [-0.1, -0.05) is 26.0 Å². The topological polar surface area (TPSA) is 35.2 Å². The van der Waals surface area contributed by atoms with E-state index >= 15 is 0 Å². The number of rotatable bonds is 3. The van der Waals surface area contributed by atoms with Crippen LogP contribution in [0.15, 0.2) is 24.3 Å². The molecule has 0 saturated heterocycles. The van der Waals surface area contributed by atoms with E-state index < -0.39 is 0 Å². The molecule has 1 fully saturated rings. The van der Waals surface area contributed by atoms with Gasteiger partial charge in [0.25, 0.3) is 0 Å². The molecule has 0 spiro atoms. The molecule has 1 aromatic rings. The minimum absolute atomic E-state index is 0.287. The molecule has 100 valence electrons. The summed E-state index contributed by atoms with van der Waals surface area (Å²) in [5.41, 5.74) is 8.05. The Morgan fingerprint density at radius 2 is 2.17 bits per heavy atom. The highest BCUT2D eigenvalue weighted by Gasteiger charge is 2.33. The first-order valence-corrected chi connectivity index (χ1v) is 7.00. The molecule has 18 heavy (non-hydrogen) atoms. The predicted molar refractivity (Wildman–Crippen MR) is 76.0 cm³/mol. The van der Waals surface area contributed by atoms with Gasteiger partial charge in [-0.15, -0.1) is 0 Å². The summed E-state index contributed by atoms with van der Waals surface area (Å²) in [4.78, 5) is 0. The molecule has 1 aliphatic carbocycles. The second-order valence-electron chi connectivity index (χ2n) is 6.18. The Morgan fingerprint density at radius 3 is 2.89 bits per heavy atom. The average Bonchev–Trinajstić information content (AvgIpc) is 2.33. The highest BCUT2D eigenvalue weighted by molar-refractivity contribution is 5.32.